The molecule has 0 unspecified atom stereocenters. The molecule has 2 aromatic carbocycles. The van der Waals surface area contributed by atoms with E-state index in [1.54, 1.807) is 18.2 Å². The fraction of sp³-hybridized carbons (Fsp3) is 0.143. The molecule has 0 amide bonds. The first-order valence-corrected chi connectivity index (χ1v) is 7.27. The third-order valence-electron chi connectivity index (χ3n) is 2.90. The molecular formula is C14H13F2NO2S. The summed E-state index contributed by atoms with van der Waals surface area (Å²) < 4.78 is 52.2. The van der Waals surface area contributed by atoms with Gasteiger partial charge in [0.05, 0.1) is 5.69 Å². The number of halogens is 2. The van der Waals surface area contributed by atoms with Crippen molar-refractivity contribution in [3.8, 4) is 0 Å². The number of nitrogens with zero attached hydrogens (tertiary/aromatic N) is 1. The van der Waals surface area contributed by atoms with Crippen LogP contribution in [-0.4, -0.2) is 15.5 Å². The molecule has 0 saturated carbocycles. The summed E-state index contributed by atoms with van der Waals surface area (Å²) in [6.45, 7) is 1.82. The average Bonchev–Trinajstić information content (AvgIpc) is 2.37. The average molecular weight is 297 g/mol. The molecule has 6 heteroatoms. The van der Waals surface area contributed by atoms with Gasteiger partial charge >= 0.3 is 0 Å². The van der Waals surface area contributed by atoms with Crippen LogP contribution in [0.2, 0.25) is 0 Å². The lowest BCUT2D eigenvalue weighted by molar-refractivity contribution is 0.548. The Bertz CT molecular complexity index is 745. The standard InChI is InChI=1S/C14H13F2NO2S/c1-10-4-3-5-12(8-10)17(2)20(18,19)14-7-6-11(15)9-13(14)16/h3-9H,1-2H3. The third-order valence-corrected chi connectivity index (χ3v) is 4.72. The first kappa shape index (κ1) is 14.5. The third kappa shape index (κ3) is 2.65. The van der Waals surface area contributed by atoms with E-state index in [-0.39, 0.29) is 0 Å². The van der Waals surface area contributed by atoms with Gasteiger partial charge in [-0.2, -0.15) is 0 Å². The molecule has 2 rings (SSSR count). The number of hydrogen-bond acceptors (Lipinski definition) is 2. The van der Waals surface area contributed by atoms with Crippen LogP contribution in [0, 0.1) is 18.6 Å². The SMILES string of the molecule is Cc1cccc(N(C)S(=O)(=O)c2ccc(F)cc2F)c1. The summed E-state index contributed by atoms with van der Waals surface area (Å²) in [5.74, 6) is -1.93. The molecule has 0 aliphatic carbocycles. The van der Waals surface area contributed by atoms with Gasteiger partial charge in [-0.05, 0) is 36.8 Å². The largest absolute Gasteiger partial charge is 0.269 e. The van der Waals surface area contributed by atoms with Crippen LogP contribution in [0.25, 0.3) is 0 Å². The van der Waals surface area contributed by atoms with Crippen LogP contribution in [0.15, 0.2) is 47.4 Å². The predicted molar refractivity (Wildman–Crippen MR) is 73.1 cm³/mol. The molecule has 0 saturated heterocycles. The van der Waals surface area contributed by atoms with E-state index in [0.29, 0.717) is 11.8 Å². The highest BCUT2D eigenvalue weighted by atomic mass is 32.2. The minimum Gasteiger partial charge on any atom is -0.269 e. The molecule has 0 aliphatic heterocycles. The molecule has 0 aromatic heterocycles. The highest BCUT2D eigenvalue weighted by molar-refractivity contribution is 7.92. The molecule has 3 nitrogen and oxygen atoms in total. The lowest BCUT2D eigenvalue weighted by Crippen LogP contribution is -2.27. The maximum absolute atomic E-state index is 13.7. The van der Waals surface area contributed by atoms with Crippen molar-refractivity contribution < 1.29 is 17.2 Å². The Balaban J connectivity index is 2.49. The van der Waals surface area contributed by atoms with Gasteiger partial charge in [-0.25, -0.2) is 17.2 Å². The number of aryl methyl sites for hydroxylation is 1. The second kappa shape index (κ2) is 5.20. The van der Waals surface area contributed by atoms with Crippen molar-refractivity contribution in [1.82, 2.24) is 0 Å². The maximum atomic E-state index is 13.7. The Labute approximate surface area is 116 Å². The number of sulfonamides is 1. The molecule has 20 heavy (non-hydrogen) atoms. The molecule has 0 atom stereocenters. The highest BCUT2D eigenvalue weighted by Crippen LogP contribution is 2.24. The summed E-state index contributed by atoms with van der Waals surface area (Å²) in [5, 5.41) is 0. The summed E-state index contributed by atoms with van der Waals surface area (Å²) in [5.41, 5.74) is 1.29. The molecule has 0 aliphatic rings. The van der Waals surface area contributed by atoms with Gasteiger partial charge in [0.15, 0.2) is 0 Å². The van der Waals surface area contributed by atoms with Crippen LogP contribution in [0.1, 0.15) is 5.56 Å². The molecule has 0 spiro atoms. The number of rotatable bonds is 3. The van der Waals surface area contributed by atoms with Crippen molar-refractivity contribution >= 4 is 15.7 Å². The van der Waals surface area contributed by atoms with Crippen molar-refractivity contribution in [2.24, 2.45) is 0 Å². The smallest absolute Gasteiger partial charge is 0.266 e. The van der Waals surface area contributed by atoms with Gasteiger partial charge in [-0.3, -0.25) is 4.31 Å². The van der Waals surface area contributed by atoms with Crippen LogP contribution in [-0.2, 0) is 10.0 Å². The second-order valence-electron chi connectivity index (χ2n) is 4.39. The van der Waals surface area contributed by atoms with Gasteiger partial charge in [0, 0.05) is 13.1 Å². The molecular weight excluding hydrogens is 284 g/mol. The van der Waals surface area contributed by atoms with Gasteiger partial charge in [0.2, 0.25) is 0 Å². The quantitative estimate of drug-likeness (QED) is 0.873. The molecule has 106 valence electrons. The number of hydrogen-bond donors (Lipinski definition) is 0. The lowest BCUT2D eigenvalue weighted by atomic mass is 10.2. The fourth-order valence-electron chi connectivity index (χ4n) is 1.79. The lowest BCUT2D eigenvalue weighted by Gasteiger charge is -2.20. The Hall–Kier alpha value is -1.95. The fourth-order valence-corrected chi connectivity index (χ4v) is 3.03. The van der Waals surface area contributed by atoms with Crippen molar-refractivity contribution in [2.45, 2.75) is 11.8 Å². The van der Waals surface area contributed by atoms with Crippen molar-refractivity contribution in [2.75, 3.05) is 11.4 Å². The molecule has 0 fully saturated rings. The van der Waals surface area contributed by atoms with E-state index in [4.69, 9.17) is 0 Å². The van der Waals surface area contributed by atoms with Crippen LogP contribution >= 0.6 is 0 Å². The zero-order valence-corrected chi connectivity index (χ0v) is 11.8. The minimum absolute atomic E-state index is 0.411. The Morgan fingerprint density at radius 1 is 1.05 bits per heavy atom. The van der Waals surface area contributed by atoms with Crippen LogP contribution in [0.4, 0.5) is 14.5 Å². The summed E-state index contributed by atoms with van der Waals surface area (Å²) in [6, 6.07) is 9.19. The Morgan fingerprint density at radius 2 is 1.75 bits per heavy atom. The van der Waals surface area contributed by atoms with E-state index in [1.165, 1.54) is 7.05 Å². The van der Waals surface area contributed by atoms with Gasteiger partial charge in [-0.15, -0.1) is 0 Å². The Morgan fingerprint density at radius 3 is 2.35 bits per heavy atom. The van der Waals surface area contributed by atoms with E-state index in [0.717, 1.165) is 22.0 Å². The van der Waals surface area contributed by atoms with E-state index in [1.807, 2.05) is 13.0 Å². The normalized spacial score (nSPS) is 11.4. The van der Waals surface area contributed by atoms with E-state index < -0.39 is 26.6 Å². The topological polar surface area (TPSA) is 37.4 Å². The maximum Gasteiger partial charge on any atom is 0.266 e. The van der Waals surface area contributed by atoms with Gasteiger partial charge in [0.25, 0.3) is 10.0 Å². The summed E-state index contributed by atoms with van der Waals surface area (Å²) >= 11 is 0. The predicted octanol–water partition coefficient (Wildman–Crippen LogP) is 3.10. The van der Waals surface area contributed by atoms with Crippen LogP contribution < -0.4 is 4.31 Å². The zero-order chi connectivity index (χ0) is 14.9. The summed E-state index contributed by atoms with van der Waals surface area (Å²) in [7, 11) is -2.74. The van der Waals surface area contributed by atoms with E-state index in [2.05, 4.69) is 0 Å². The second-order valence-corrected chi connectivity index (χ2v) is 6.32. The molecule has 0 N–H and O–H groups in total. The van der Waals surface area contributed by atoms with Crippen molar-refractivity contribution in [1.29, 1.82) is 0 Å². The van der Waals surface area contributed by atoms with Crippen molar-refractivity contribution in [3.63, 3.8) is 0 Å². The molecule has 2 aromatic rings. The van der Waals surface area contributed by atoms with Gasteiger partial charge in [-0.1, -0.05) is 12.1 Å². The molecule has 0 heterocycles. The first-order valence-electron chi connectivity index (χ1n) is 5.83. The van der Waals surface area contributed by atoms with Gasteiger partial charge < -0.3 is 0 Å². The van der Waals surface area contributed by atoms with Crippen LogP contribution in [0.5, 0.6) is 0 Å². The van der Waals surface area contributed by atoms with Gasteiger partial charge in [0.1, 0.15) is 16.5 Å². The monoisotopic (exact) mass is 297 g/mol. The molecule has 0 radical (unpaired) electrons. The van der Waals surface area contributed by atoms with E-state index in [9.17, 15) is 17.2 Å². The van der Waals surface area contributed by atoms with Crippen LogP contribution in [0.3, 0.4) is 0 Å². The zero-order valence-electron chi connectivity index (χ0n) is 11.0. The minimum atomic E-state index is -4.06. The summed E-state index contributed by atoms with van der Waals surface area (Å²) in [4.78, 5) is -0.553. The first-order chi connectivity index (χ1) is 9.32. The molecule has 0 bridgehead atoms. The van der Waals surface area contributed by atoms with Crippen molar-refractivity contribution in [3.05, 3.63) is 59.7 Å². The Kier molecular flexibility index (Phi) is 3.76. The number of benzene rings is 2. The summed E-state index contributed by atoms with van der Waals surface area (Å²) in [6.07, 6.45) is 0. The van der Waals surface area contributed by atoms with E-state index >= 15 is 0 Å². The number of anilines is 1. The highest BCUT2D eigenvalue weighted by Gasteiger charge is 2.25.